The van der Waals surface area contributed by atoms with E-state index in [1.54, 1.807) is 0 Å². The van der Waals surface area contributed by atoms with Gasteiger partial charge in [-0.15, -0.1) is 0 Å². The molecule has 0 aliphatic carbocycles. The summed E-state index contributed by atoms with van der Waals surface area (Å²) in [6.45, 7) is 3.39. The minimum absolute atomic E-state index is 0.102. The summed E-state index contributed by atoms with van der Waals surface area (Å²) in [7, 11) is 4.12. The molecule has 3 heteroatoms. The third kappa shape index (κ3) is 4.17. The Hall–Kier alpha value is -2.28. The van der Waals surface area contributed by atoms with Crippen LogP contribution in [0.2, 0.25) is 0 Å². The first-order valence-corrected chi connectivity index (χ1v) is 8.40. The number of ether oxygens (including phenoxy) is 1. The van der Waals surface area contributed by atoms with E-state index in [1.165, 1.54) is 11.3 Å². The van der Waals surface area contributed by atoms with Crippen LogP contribution in [0.25, 0.3) is 0 Å². The third-order valence-corrected chi connectivity index (χ3v) is 4.26. The van der Waals surface area contributed by atoms with Gasteiger partial charge >= 0.3 is 0 Å². The van der Waals surface area contributed by atoms with Crippen LogP contribution in [0.1, 0.15) is 17.2 Å². The van der Waals surface area contributed by atoms with Crippen molar-refractivity contribution in [2.75, 3.05) is 45.3 Å². The summed E-state index contributed by atoms with van der Waals surface area (Å²) in [6.07, 6.45) is 0. The molecule has 1 heterocycles. The maximum Gasteiger partial charge on any atom is 0.0976 e. The smallest absolute Gasteiger partial charge is 0.0976 e. The van der Waals surface area contributed by atoms with E-state index in [4.69, 9.17) is 4.74 Å². The Morgan fingerprint density at radius 1 is 0.958 bits per heavy atom. The number of benzene rings is 2. The van der Waals surface area contributed by atoms with E-state index < -0.39 is 0 Å². The maximum absolute atomic E-state index is 5.50. The zero-order valence-electron chi connectivity index (χ0n) is 14.4. The van der Waals surface area contributed by atoms with Gasteiger partial charge in [-0.25, -0.2) is 0 Å². The first-order chi connectivity index (χ1) is 11.7. The lowest BCUT2D eigenvalue weighted by Gasteiger charge is -2.32. The zero-order chi connectivity index (χ0) is 16.8. The average molecular weight is 320 g/mol. The Morgan fingerprint density at radius 3 is 2.25 bits per heavy atom. The Labute approximate surface area is 144 Å². The number of anilines is 1. The lowest BCUT2D eigenvalue weighted by molar-refractivity contribution is 0.0270. The van der Waals surface area contributed by atoms with Gasteiger partial charge in [0.2, 0.25) is 0 Å². The minimum Gasteiger partial charge on any atom is -0.379 e. The molecule has 0 aromatic heterocycles. The summed E-state index contributed by atoms with van der Waals surface area (Å²) >= 11 is 0. The lowest BCUT2D eigenvalue weighted by atomic mass is 10.0. The van der Waals surface area contributed by atoms with Crippen LogP contribution in [0.3, 0.4) is 0 Å². The van der Waals surface area contributed by atoms with Gasteiger partial charge < -0.3 is 9.64 Å². The highest BCUT2D eigenvalue weighted by Gasteiger charge is 2.20. The van der Waals surface area contributed by atoms with Crippen molar-refractivity contribution in [2.24, 2.45) is 0 Å². The van der Waals surface area contributed by atoms with E-state index in [0.717, 1.165) is 31.9 Å². The highest BCUT2D eigenvalue weighted by molar-refractivity contribution is 5.48. The van der Waals surface area contributed by atoms with Gasteiger partial charge in [0.15, 0.2) is 0 Å². The molecule has 0 amide bonds. The highest BCUT2D eigenvalue weighted by atomic mass is 16.5. The first-order valence-electron chi connectivity index (χ1n) is 8.40. The first kappa shape index (κ1) is 16.6. The molecular weight excluding hydrogens is 296 g/mol. The van der Waals surface area contributed by atoms with Crippen molar-refractivity contribution in [1.29, 1.82) is 0 Å². The molecule has 1 aliphatic heterocycles. The monoisotopic (exact) mass is 320 g/mol. The topological polar surface area (TPSA) is 15.7 Å². The van der Waals surface area contributed by atoms with Gasteiger partial charge in [0.05, 0.1) is 19.3 Å². The third-order valence-electron chi connectivity index (χ3n) is 4.26. The second kappa shape index (κ2) is 8.01. The molecule has 1 aliphatic rings. The van der Waals surface area contributed by atoms with Gasteiger partial charge in [-0.3, -0.25) is 4.90 Å². The highest BCUT2D eigenvalue weighted by Crippen LogP contribution is 2.23. The van der Waals surface area contributed by atoms with Crippen molar-refractivity contribution in [3.8, 4) is 11.8 Å². The summed E-state index contributed by atoms with van der Waals surface area (Å²) in [5.41, 5.74) is 3.50. The quantitative estimate of drug-likeness (QED) is 0.808. The fourth-order valence-electron chi connectivity index (χ4n) is 2.85. The van der Waals surface area contributed by atoms with Gasteiger partial charge in [0.25, 0.3) is 0 Å². The molecule has 3 rings (SSSR count). The number of rotatable bonds is 3. The normalized spacial score (nSPS) is 16.1. The Balaban J connectivity index is 1.88. The van der Waals surface area contributed by atoms with Gasteiger partial charge in [0.1, 0.15) is 0 Å². The van der Waals surface area contributed by atoms with Gasteiger partial charge in [-0.1, -0.05) is 42.2 Å². The van der Waals surface area contributed by atoms with Crippen LogP contribution in [-0.4, -0.2) is 45.3 Å². The van der Waals surface area contributed by atoms with Crippen molar-refractivity contribution < 1.29 is 4.74 Å². The summed E-state index contributed by atoms with van der Waals surface area (Å²) < 4.78 is 5.50. The van der Waals surface area contributed by atoms with E-state index in [2.05, 4.69) is 72.1 Å². The van der Waals surface area contributed by atoms with Gasteiger partial charge in [-0.05, 0) is 29.8 Å². The van der Waals surface area contributed by atoms with E-state index in [9.17, 15) is 0 Å². The van der Waals surface area contributed by atoms with Crippen molar-refractivity contribution in [3.05, 3.63) is 65.7 Å². The molecule has 24 heavy (non-hydrogen) atoms. The lowest BCUT2D eigenvalue weighted by Crippen LogP contribution is -2.38. The summed E-state index contributed by atoms with van der Waals surface area (Å²) in [5, 5.41) is 0. The molecule has 0 spiro atoms. The molecular formula is C21H24N2O. The van der Waals surface area contributed by atoms with E-state index in [0.29, 0.717) is 0 Å². The number of morpholine rings is 1. The van der Waals surface area contributed by atoms with Crippen LogP contribution < -0.4 is 4.90 Å². The van der Waals surface area contributed by atoms with Gasteiger partial charge in [-0.2, -0.15) is 0 Å². The molecule has 0 bridgehead atoms. The van der Waals surface area contributed by atoms with Crippen molar-refractivity contribution in [2.45, 2.75) is 6.04 Å². The molecule has 3 nitrogen and oxygen atoms in total. The molecule has 2 aromatic rings. The van der Waals surface area contributed by atoms with Gasteiger partial charge in [0, 0.05) is 38.4 Å². The molecule has 0 radical (unpaired) electrons. The molecule has 0 N–H and O–H groups in total. The molecule has 1 fully saturated rings. The predicted octanol–water partition coefficient (Wildman–Crippen LogP) is 3.18. The SMILES string of the molecule is CN(C)c1ccc(C(C#Cc2ccccc2)N2CCOCC2)cc1. The van der Waals surface area contributed by atoms with Crippen LogP contribution in [0, 0.1) is 11.8 Å². The number of nitrogens with zero attached hydrogens (tertiary/aromatic N) is 2. The average Bonchev–Trinajstić information content (AvgIpc) is 2.64. The standard InChI is InChI=1S/C21H24N2O/c1-22(2)20-11-9-19(10-12-20)21(23-14-16-24-17-15-23)13-8-18-6-4-3-5-7-18/h3-7,9-12,21H,14-17H2,1-2H3. The fourth-order valence-corrected chi connectivity index (χ4v) is 2.85. The van der Waals surface area contributed by atoms with E-state index >= 15 is 0 Å². The zero-order valence-corrected chi connectivity index (χ0v) is 14.4. The van der Waals surface area contributed by atoms with E-state index in [1.807, 2.05) is 18.2 Å². The molecule has 2 aromatic carbocycles. The van der Waals surface area contributed by atoms with Crippen LogP contribution in [-0.2, 0) is 4.74 Å². The number of hydrogen-bond donors (Lipinski definition) is 0. The Morgan fingerprint density at radius 2 is 1.62 bits per heavy atom. The molecule has 1 saturated heterocycles. The molecule has 1 unspecified atom stereocenters. The second-order valence-corrected chi connectivity index (χ2v) is 6.17. The molecule has 1 atom stereocenters. The fraction of sp³-hybridized carbons (Fsp3) is 0.333. The summed E-state index contributed by atoms with van der Waals surface area (Å²) in [5.74, 6) is 6.81. The predicted molar refractivity (Wildman–Crippen MR) is 99.2 cm³/mol. The molecule has 124 valence electrons. The Bertz CT molecular complexity index is 692. The van der Waals surface area contributed by atoms with Crippen LogP contribution >= 0.6 is 0 Å². The van der Waals surface area contributed by atoms with Crippen molar-refractivity contribution >= 4 is 5.69 Å². The second-order valence-electron chi connectivity index (χ2n) is 6.17. The van der Waals surface area contributed by atoms with Crippen molar-refractivity contribution in [1.82, 2.24) is 4.90 Å². The summed E-state index contributed by atoms with van der Waals surface area (Å²) in [6, 6.07) is 19.0. The summed E-state index contributed by atoms with van der Waals surface area (Å²) in [4.78, 5) is 4.52. The van der Waals surface area contributed by atoms with Crippen LogP contribution in [0.15, 0.2) is 54.6 Å². The Kier molecular flexibility index (Phi) is 5.53. The maximum atomic E-state index is 5.50. The molecule has 0 saturated carbocycles. The van der Waals surface area contributed by atoms with Crippen molar-refractivity contribution in [3.63, 3.8) is 0 Å². The largest absolute Gasteiger partial charge is 0.379 e. The van der Waals surface area contributed by atoms with E-state index in [-0.39, 0.29) is 6.04 Å². The minimum atomic E-state index is 0.102. The van der Waals surface area contributed by atoms with Crippen LogP contribution in [0.5, 0.6) is 0 Å². The van der Waals surface area contributed by atoms with Crippen LogP contribution in [0.4, 0.5) is 5.69 Å². The number of hydrogen-bond acceptors (Lipinski definition) is 3.